The van der Waals surface area contributed by atoms with Gasteiger partial charge in [-0.2, -0.15) is 5.26 Å². The lowest BCUT2D eigenvalue weighted by Gasteiger charge is -2.28. The van der Waals surface area contributed by atoms with Crippen LogP contribution in [-0.4, -0.2) is 24.4 Å². The highest BCUT2D eigenvalue weighted by Gasteiger charge is 2.29. The van der Waals surface area contributed by atoms with Gasteiger partial charge in [-0.3, -0.25) is 9.59 Å². The summed E-state index contributed by atoms with van der Waals surface area (Å²) in [6.07, 6.45) is 0.222. The van der Waals surface area contributed by atoms with E-state index in [2.05, 4.69) is 10.6 Å². The van der Waals surface area contributed by atoms with Crippen LogP contribution in [0.1, 0.15) is 18.9 Å². The smallest absolute Gasteiger partial charge is 0.246 e. The SMILES string of the molecule is C[C@@H]1CC(=O)Nc2ccccc2N1C(=O)CNc1ccc(Cl)c(C#N)c1. The highest BCUT2D eigenvalue weighted by molar-refractivity contribution is 6.31. The Labute approximate surface area is 156 Å². The Kier molecular flexibility index (Phi) is 5.10. The number of fused-ring (bicyclic) bond motifs is 1. The summed E-state index contributed by atoms with van der Waals surface area (Å²) in [7, 11) is 0. The van der Waals surface area contributed by atoms with Crippen molar-refractivity contribution in [1.29, 1.82) is 5.26 Å². The van der Waals surface area contributed by atoms with Crippen molar-refractivity contribution in [3.05, 3.63) is 53.1 Å². The molecule has 132 valence electrons. The zero-order valence-corrected chi connectivity index (χ0v) is 14.9. The van der Waals surface area contributed by atoms with E-state index in [0.717, 1.165) is 0 Å². The van der Waals surface area contributed by atoms with Gasteiger partial charge in [-0.25, -0.2) is 0 Å². The summed E-state index contributed by atoms with van der Waals surface area (Å²) < 4.78 is 0. The fourth-order valence-corrected chi connectivity index (χ4v) is 3.11. The van der Waals surface area contributed by atoms with Crippen LogP contribution in [0.2, 0.25) is 5.02 Å². The van der Waals surface area contributed by atoms with Crippen molar-refractivity contribution < 1.29 is 9.59 Å². The van der Waals surface area contributed by atoms with Gasteiger partial charge in [0.15, 0.2) is 0 Å². The zero-order valence-electron chi connectivity index (χ0n) is 14.1. The van der Waals surface area contributed by atoms with Crippen molar-refractivity contribution in [3.63, 3.8) is 0 Å². The predicted octanol–water partition coefficient (Wildman–Crippen LogP) is 3.39. The number of carbonyl (C=O) groups excluding carboxylic acids is 2. The number of hydrogen-bond donors (Lipinski definition) is 2. The van der Waals surface area contributed by atoms with Gasteiger partial charge in [-0.15, -0.1) is 0 Å². The highest BCUT2D eigenvalue weighted by Crippen LogP contribution is 2.31. The summed E-state index contributed by atoms with van der Waals surface area (Å²) in [6, 6.07) is 13.9. The average Bonchev–Trinajstić information content (AvgIpc) is 2.75. The van der Waals surface area contributed by atoms with E-state index in [1.165, 1.54) is 0 Å². The van der Waals surface area contributed by atoms with E-state index < -0.39 is 0 Å². The van der Waals surface area contributed by atoms with Crippen molar-refractivity contribution in [1.82, 2.24) is 0 Å². The van der Waals surface area contributed by atoms with Gasteiger partial charge in [0.1, 0.15) is 6.07 Å². The van der Waals surface area contributed by atoms with Crippen molar-refractivity contribution in [2.24, 2.45) is 0 Å². The zero-order chi connectivity index (χ0) is 18.7. The second kappa shape index (κ2) is 7.46. The number of amides is 2. The largest absolute Gasteiger partial charge is 0.376 e. The van der Waals surface area contributed by atoms with Crippen LogP contribution in [0.3, 0.4) is 0 Å². The summed E-state index contributed by atoms with van der Waals surface area (Å²) in [6.45, 7) is 1.87. The molecule has 1 aliphatic rings. The van der Waals surface area contributed by atoms with Crippen molar-refractivity contribution >= 4 is 40.5 Å². The van der Waals surface area contributed by atoms with Gasteiger partial charge < -0.3 is 15.5 Å². The first kappa shape index (κ1) is 17.8. The van der Waals surface area contributed by atoms with Crippen molar-refractivity contribution in [3.8, 4) is 6.07 Å². The van der Waals surface area contributed by atoms with Crippen molar-refractivity contribution in [2.75, 3.05) is 22.1 Å². The number of halogens is 1. The lowest BCUT2D eigenvalue weighted by atomic mass is 10.1. The molecule has 0 saturated carbocycles. The van der Waals surface area contributed by atoms with Gasteiger partial charge in [-0.05, 0) is 37.3 Å². The second-order valence-electron chi connectivity index (χ2n) is 6.04. The number of anilines is 3. The topological polar surface area (TPSA) is 85.2 Å². The summed E-state index contributed by atoms with van der Waals surface area (Å²) in [5.74, 6) is -0.292. The maximum Gasteiger partial charge on any atom is 0.246 e. The summed E-state index contributed by atoms with van der Waals surface area (Å²) in [5.41, 5.74) is 2.26. The van der Waals surface area contributed by atoms with Gasteiger partial charge in [0, 0.05) is 18.2 Å². The molecule has 0 fully saturated rings. The maximum absolute atomic E-state index is 12.9. The normalized spacial score (nSPS) is 16.1. The molecule has 0 aliphatic carbocycles. The molecule has 2 aromatic rings. The first-order valence-electron chi connectivity index (χ1n) is 8.14. The number of nitrogens with one attached hydrogen (secondary N) is 2. The van der Waals surface area contributed by atoms with Gasteiger partial charge >= 0.3 is 0 Å². The monoisotopic (exact) mass is 368 g/mol. The lowest BCUT2D eigenvalue weighted by Crippen LogP contribution is -2.42. The van der Waals surface area contributed by atoms with E-state index in [0.29, 0.717) is 27.6 Å². The molecule has 0 bridgehead atoms. The molecule has 2 N–H and O–H groups in total. The molecule has 1 aliphatic heterocycles. The van der Waals surface area contributed by atoms with Crippen LogP contribution < -0.4 is 15.5 Å². The van der Waals surface area contributed by atoms with Crippen LogP contribution in [0.5, 0.6) is 0 Å². The molecule has 0 unspecified atom stereocenters. The second-order valence-corrected chi connectivity index (χ2v) is 6.45. The van der Waals surface area contributed by atoms with Crippen LogP contribution in [-0.2, 0) is 9.59 Å². The van der Waals surface area contributed by atoms with Crippen LogP contribution >= 0.6 is 11.6 Å². The standard InChI is InChI=1S/C19H17ClN4O2/c1-12-8-18(25)23-16-4-2-3-5-17(16)24(12)19(26)11-22-14-6-7-15(20)13(9-14)10-21/h2-7,9,12,22H,8,11H2,1H3,(H,23,25)/t12-/m1/s1. The molecule has 0 aromatic heterocycles. The average molecular weight is 369 g/mol. The third-order valence-corrected chi connectivity index (χ3v) is 4.49. The molecule has 0 saturated heterocycles. The summed E-state index contributed by atoms with van der Waals surface area (Å²) >= 11 is 5.92. The quantitative estimate of drug-likeness (QED) is 0.869. The Morgan fingerprint density at radius 3 is 2.92 bits per heavy atom. The fourth-order valence-electron chi connectivity index (χ4n) is 2.95. The Balaban J connectivity index is 1.81. The summed E-state index contributed by atoms with van der Waals surface area (Å²) in [4.78, 5) is 26.5. The fraction of sp³-hybridized carbons (Fsp3) is 0.211. The molecular formula is C19H17ClN4O2. The minimum Gasteiger partial charge on any atom is -0.376 e. The molecule has 7 heteroatoms. The predicted molar refractivity (Wildman–Crippen MR) is 101 cm³/mol. The van der Waals surface area contributed by atoms with Gasteiger partial charge in [0.2, 0.25) is 11.8 Å². The molecule has 0 radical (unpaired) electrons. The molecule has 26 heavy (non-hydrogen) atoms. The van der Waals surface area contributed by atoms with E-state index in [9.17, 15) is 9.59 Å². The van der Waals surface area contributed by atoms with Crippen LogP contribution in [0.25, 0.3) is 0 Å². The Morgan fingerprint density at radius 2 is 2.15 bits per heavy atom. The van der Waals surface area contributed by atoms with Crippen molar-refractivity contribution in [2.45, 2.75) is 19.4 Å². The van der Waals surface area contributed by atoms with Crippen LogP contribution in [0.15, 0.2) is 42.5 Å². The summed E-state index contributed by atoms with van der Waals surface area (Å²) in [5, 5.41) is 15.3. The molecule has 6 nitrogen and oxygen atoms in total. The first-order valence-corrected chi connectivity index (χ1v) is 8.52. The molecule has 1 atom stereocenters. The van der Waals surface area contributed by atoms with E-state index >= 15 is 0 Å². The van der Waals surface area contributed by atoms with Gasteiger partial charge in [0.25, 0.3) is 0 Å². The Hall–Kier alpha value is -3.04. The van der Waals surface area contributed by atoms with E-state index in [-0.39, 0.29) is 30.8 Å². The number of para-hydroxylation sites is 2. The molecule has 2 aromatic carbocycles. The molecule has 2 amide bonds. The minimum absolute atomic E-state index is 0.0271. The number of rotatable bonds is 3. The molecule has 0 spiro atoms. The number of nitriles is 1. The van der Waals surface area contributed by atoms with Gasteiger partial charge in [0.05, 0.1) is 28.5 Å². The van der Waals surface area contributed by atoms with E-state index in [1.807, 2.05) is 31.2 Å². The number of benzene rings is 2. The third-order valence-electron chi connectivity index (χ3n) is 4.16. The van der Waals surface area contributed by atoms with Crippen LogP contribution in [0, 0.1) is 11.3 Å². The third kappa shape index (κ3) is 3.63. The maximum atomic E-state index is 12.9. The minimum atomic E-state index is -0.271. The highest BCUT2D eigenvalue weighted by atomic mass is 35.5. The molecule has 3 rings (SSSR count). The number of nitrogens with zero attached hydrogens (tertiary/aromatic N) is 2. The number of hydrogen-bond acceptors (Lipinski definition) is 4. The van der Waals surface area contributed by atoms with E-state index in [1.54, 1.807) is 29.2 Å². The lowest BCUT2D eigenvalue weighted by molar-refractivity contribution is -0.118. The number of carbonyl (C=O) groups is 2. The van der Waals surface area contributed by atoms with E-state index in [4.69, 9.17) is 16.9 Å². The molecular weight excluding hydrogens is 352 g/mol. The first-order chi connectivity index (χ1) is 12.5. The van der Waals surface area contributed by atoms with Gasteiger partial charge in [-0.1, -0.05) is 23.7 Å². The Morgan fingerprint density at radius 1 is 1.38 bits per heavy atom. The van der Waals surface area contributed by atoms with Crippen LogP contribution in [0.4, 0.5) is 17.1 Å². The Bertz CT molecular complexity index is 907. The molecule has 1 heterocycles.